The van der Waals surface area contributed by atoms with Gasteiger partial charge in [-0.1, -0.05) is 165 Å². The number of aromatic nitrogens is 1. The van der Waals surface area contributed by atoms with Crippen LogP contribution in [0, 0.1) is 11.8 Å². The highest BCUT2D eigenvalue weighted by Crippen LogP contribution is 2.53. The molecule has 0 saturated heterocycles. The zero-order chi connectivity index (χ0) is 39.0. The first kappa shape index (κ1) is 34.6. The first-order valence-electron chi connectivity index (χ1n) is 21.6. The Morgan fingerprint density at radius 3 is 2.34 bits per heavy atom. The summed E-state index contributed by atoms with van der Waals surface area (Å²) in [6.07, 6.45) is 30.2. The van der Waals surface area contributed by atoms with Crippen molar-refractivity contribution in [3.8, 4) is 11.3 Å². The number of nitrogens with zero attached hydrogens (tertiary/aromatic N) is 3. The quantitative estimate of drug-likeness (QED) is 0.180. The third-order valence-electron chi connectivity index (χ3n) is 13.8. The van der Waals surface area contributed by atoms with E-state index in [1.165, 1.54) is 49.7 Å². The van der Waals surface area contributed by atoms with Gasteiger partial charge in [0.2, 0.25) is 0 Å². The Hall–Kier alpha value is -6.45. The van der Waals surface area contributed by atoms with Gasteiger partial charge in [0.25, 0.3) is 0 Å². The number of hydrogen-bond acceptors (Lipinski definition) is 3. The zero-order valence-electron chi connectivity index (χ0n) is 33.3. The summed E-state index contributed by atoms with van der Waals surface area (Å²) in [6, 6.07) is 37.5. The first-order chi connectivity index (χ1) is 29.2. The van der Waals surface area contributed by atoms with Gasteiger partial charge in [0, 0.05) is 34.4 Å². The lowest BCUT2D eigenvalue weighted by Crippen LogP contribution is -2.35. The van der Waals surface area contributed by atoms with Crippen molar-refractivity contribution in [3.05, 3.63) is 225 Å². The maximum atomic E-state index is 5.73. The Labute approximate surface area is 346 Å². The summed E-state index contributed by atoms with van der Waals surface area (Å²) in [5.41, 5.74) is 19.1. The molecule has 6 unspecified atom stereocenters. The molecular weight excluding hydrogens is 715 g/mol. The average Bonchev–Trinajstić information content (AvgIpc) is 3.31. The van der Waals surface area contributed by atoms with Crippen LogP contribution in [0.25, 0.3) is 28.1 Å². The number of benzene rings is 4. The van der Waals surface area contributed by atoms with E-state index >= 15 is 0 Å². The molecule has 5 aromatic rings. The number of dihydropyridines is 1. The highest BCUT2D eigenvalue weighted by Gasteiger charge is 2.42. The molecule has 0 saturated carbocycles. The topological polar surface area (TPSA) is 37.6 Å². The smallest absolute Gasteiger partial charge is 0.103 e. The summed E-state index contributed by atoms with van der Waals surface area (Å²) in [5.74, 6) is 1.26. The summed E-state index contributed by atoms with van der Waals surface area (Å²) in [5, 5.41) is 2.53. The molecule has 0 fully saturated rings. The Morgan fingerprint density at radius 2 is 1.44 bits per heavy atom. The molecule has 7 aliphatic rings. The van der Waals surface area contributed by atoms with Crippen LogP contribution < -0.4 is 0 Å². The van der Waals surface area contributed by atoms with Gasteiger partial charge in [0.1, 0.15) is 6.04 Å². The minimum Gasteiger partial charge on any atom is -0.275 e. The molecule has 2 aliphatic heterocycles. The largest absolute Gasteiger partial charge is 0.275 e. The fourth-order valence-corrected chi connectivity index (χ4v) is 11.0. The van der Waals surface area contributed by atoms with Gasteiger partial charge < -0.3 is 0 Å². The van der Waals surface area contributed by atoms with E-state index in [0.29, 0.717) is 5.92 Å². The van der Waals surface area contributed by atoms with E-state index < -0.39 is 0 Å². The first-order valence-corrected chi connectivity index (χ1v) is 21.6. The fraction of sp³-hybridized carbons (Fsp3) is 0.196. The molecule has 0 amide bonds. The number of aliphatic imine (C=N–C) groups is 2. The maximum absolute atomic E-state index is 5.73. The highest BCUT2D eigenvalue weighted by molar-refractivity contribution is 6.18. The normalized spacial score (nSPS) is 25.9. The highest BCUT2D eigenvalue weighted by atomic mass is 14.9. The van der Waals surface area contributed by atoms with E-state index in [0.717, 1.165) is 59.6 Å². The van der Waals surface area contributed by atoms with Gasteiger partial charge in [-0.2, -0.15) is 0 Å². The summed E-state index contributed by atoms with van der Waals surface area (Å²) < 4.78 is 0. The fourth-order valence-electron chi connectivity index (χ4n) is 11.0. The Bertz CT molecular complexity index is 2920. The second kappa shape index (κ2) is 13.8. The van der Waals surface area contributed by atoms with Gasteiger partial charge in [-0.05, 0) is 99.1 Å². The molecule has 0 N–H and O–H groups in total. The second-order valence-electron chi connectivity index (χ2n) is 17.2. The number of fused-ring (bicyclic) bond motifs is 10. The van der Waals surface area contributed by atoms with E-state index in [1.807, 2.05) is 0 Å². The van der Waals surface area contributed by atoms with Crippen molar-refractivity contribution >= 4 is 28.3 Å². The lowest BCUT2D eigenvalue weighted by molar-refractivity contribution is 0.582. The molecule has 3 heteroatoms. The van der Waals surface area contributed by atoms with Crippen LogP contribution in [0.15, 0.2) is 202 Å². The SMILES string of the molecule is CC1CC=CC2=C1C1=C(C=CCC1)C1N=C(C3=CCC(c4ccc(C5=NC6c7nc(-c8ccccc8)ccc7C=CC6C=C5)c5ccccc45)C=C3)c3ccccc3C21. The summed E-state index contributed by atoms with van der Waals surface area (Å²) in [7, 11) is 0. The Morgan fingerprint density at radius 1 is 0.610 bits per heavy atom. The third kappa shape index (κ3) is 5.58. The van der Waals surface area contributed by atoms with E-state index in [2.05, 4.69) is 177 Å². The molecule has 5 aliphatic carbocycles. The second-order valence-corrected chi connectivity index (χ2v) is 17.2. The molecule has 59 heavy (non-hydrogen) atoms. The van der Waals surface area contributed by atoms with E-state index in [1.54, 1.807) is 11.1 Å². The predicted molar refractivity (Wildman–Crippen MR) is 244 cm³/mol. The Kier molecular flexibility index (Phi) is 8.11. The molecular formula is C56H45N3. The van der Waals surface area contributed by atoms with Crippen molar-refractivity contribution in [3.63, 3.8) is 0 Å². The van der Waals surface area contributed by atoms with Gasteiger partial charge in [-0.25, -0.2) is 4.98 Å². The number of hydrogen-bond donors (Lipinski definition) is 0. The number of pyridine rings is 1. The van der Waals surface area contributed by atoms with Gasteiger partial charge in [0.05, 0.1) is 28.9 Å². The molecule has 3 heterocycles. The third-order valence-corrected chi connectivity index (χ3v) is 13.8. The van der Waals surface area contributed by atoms with Gasteiger partial charge in [-0.15, -0.1) is 0 Å². The van der Waals surface area contributed by atoms with Crippen LogP contribution in [0.4, 0.5) is 0 Å². The molecule has 4 aromatic carbocycles. The zero-order valence-corrected chi connectivity index (χ0v) is 33.3. The van der Waals surface area contributed by atoms with Crippen molar-refractivity contribution in [2.75, 3.05) is 0 Å². The summed E-state index contributed by atoms with van der Waals surface area (Å²) in [6.45, 7) is 2.42. The molecule has 1 aromatic heterocycles. The van der Waals surface area contributed by atoms with Crippen LogP contribution in [0.1, 0.15) is 84.0 Å². The van der Waals surface area contributed by atoms with Crippen LogP contribution >= 0.6 is 0 Å². The van der Waals surface area contributed by atoms with Gasteiger partial charge in [-0.3, -0.25) is 9.98 Å². The van der Waals surface area contributed by atoms with Gasteiger partial charge in [0.15, 0.2) is 0 Å². The lowest BCUT2D eigenvalue weighted by Gasteiger charge is -2.43. The van der Waals surface area contributed by atoms with Crippen molar-refractivity contribution in [2.24, 2.45) is 21.8 Å². The maximum Gasteiger partial charge on any atom is 0.103 e. The predicted octanol–water partition coefficient (Wildman–Crippen LogP) is 13.1. The minimum atomic E-state index is -0.0582. The average molecular weight is 760 g/mol. The monoisotopic (exact) mass is 759 g/mol. The van der Waals surface area contributed by atoms with E-state index in [9.17, 15) is 0 Å². The Balaban J connectivity index is 0.873. The van der Waals surface area contributed by atoms with Crippen LogP contribution in [0.2, 0.25) is 0 Å². The lowest BCUT2D eigenvalue weighted by atomic mass is 9.64. The van der Waals surface area contributed by atoms with Crippen LogP contribution in [-0.2, 0) is 0 Å². The molecule has 0 bridgehead atoms. The van der Waals surface area contributed by atoms with Crippen LogP contribution in [0.3, 0.4) is 0 Å². The standard InChI is InChI=1S/C56H45N3/c1-34-12-11-21-48-51(34)44-17-7-10-20-47(44)56-52(48)45-18-8-9-19-46(45)53(59-56)37-24-22-35(23-25-37)40-30-31-43(42-16-6-5-15-41(40)42)50-33-29-39-27-26-38-28-32-49(36-13-3-2-4-14-36)57-54(38)55(39)58-50/h2-6,8-11,13-16,18-22,24-35,39,52,55-56H,7,12,17,23H2,1H3. The summed E-state index contributed by atoms with van der Waals surface area (Å²) >= 11 is 0. The van der Waals surface area contributed by atoms with Gasteiger partial charge >= 0.3 is 0 Å². The number of allylic oxidation sites excluding steroid dienone is 10. The van der Waals surface area contributed by atoms with E-state index in [-0.39, 0.29) is 29.8 Å². The molecule has 12 rings (SSSR count). The van der Waals surface area contributed by atoms with Crippen molar-refractivity contribution < 1.29 is 0 Å². The van der Waals surface area contributed by atoms with Crippen molar-refractivity contribution in [2.45, 2.75) is 56.5 Å². The molecule has 284 valence electrons. The van der Waals surface area contributed by atoms with Crippen LogP contribution in [-0.4, -0.2) is 22.4 Å². The molecule has 0 spiro atoms. The van der Waals surface area contributed by atoms with Crippen LogP contribution in [0.5, 0.6) is 0 Å². The molecule has 0 radical (unpaired) electrons. The molecule has 3 nitrogen and oxygen atoms in total. The number of rotatable bonds is 4. The van der Waals surface area contributed by atoms with Crippen molar-refractivity contribution in [1.82, 2.24) is 4.98 Å². The van der Waals surface area contributed by atoms with E-state index in [4.69, 9.17) is 15.0 Å². The summed E-state index contributed by atoms with van der Waals surface area (Å²) in [4.78, 5) is 16.4. The molecule has 6 atom stereocenters. The minimum absolute atomic E-state index is 0.0582. The van der Waals surface area contributed by atoms with Crippen molar-refractivity contribution in [1.29, 1.82) is 0 Å².